The van der Waals surface area contributed by atoms with Crippen molar-refractivity contribution in [2.24, 2.45) is 0 Å². The van der Waals surface area contributed by atoms with Gasteiger partial charge < -0.3 is 15.2 Å². The van der Waals surface area contributed by atoms with Gasteiger partial charge in [-0.05, 0) is 43.4 Å². The third-order valence-electron chi connectivity index (χ3n) is 4.17. The van der Waals surface area contributed by atoms with Crippen LogP contribution in [0.2, 0.25) is 0 Å². The predicted octanol–water partition coefficient (Wildman–Crippen LogP) is 2.50. The van der Waals surface area contributed by atoms with Crippen LogP contribution in [0.4, 0.5) is 0 Å². The van der Waals surface area contributed by atoms with Gasteiger partial charge in [0.05, 0.1) is 6.10 Å². The smallest absolute Gasteiger partial charge is 0.330 e. The molecule has 0 saturated heterocycles. The number of carboxylic acid groups (broad SMARTS) is 1. The fourth-order valence-corrected chi connectivity index (χ4v) is 2.68. The van der Waals surface area contributed by atoms with Gasteiger partial charge in [0.1, 0.15) is 6.61 Å². The third kappa shape index (κ3) is 4.31. The van der Waals surface area contributed by atoms with Gasteiger partial charge in [-0.2, -0.15) is 0 Å². The van der Waals surface area contributed by atoms with Crippen molar-refractivity contribution in [1.82, 2.24) is 5.32 Å². The van der Waals surface area contributed by atoms with E-state index in [1.165, 1.54) is 0 Å². The summed E-state index contributed by atoms with van der Waals surface area (Å²) >= 11 is 0. The van der Waals surface area contributed by atoms with Gasteiger partial charge in [-0.3, -0.25) is 4.79 Å². The summed E-state index contributed by atoms with van der Waals surface area (Å²) < 4.78 is 5.52. The summed E-state index contributed by atoms with van der Waals surface area (Å²) in [6.45, 7) is 3.80. The average molecular weight is 305 g/mol. The molecule has 2 N–H and O–H groups in total. The molecule has 2 rings (SSSR count). The number of benzene rings is 1. The molecule has 120 valence electrons. The summed E-state index contributed by atoms with van der Waals surface area (Å²) in [4.78, 5) is 23.4. The number of nitrogens with one attached hydrogen (secondary N) is 1. The van der Waals surface area contributed by atoms with E-state index in [0.717, 1.165) is 36.8 Å². The lowest BCUT2D eigenvalue weighted by Crippen LogP contribution is -2.36. The molecular formula is C17H23NO4. The summed E-state index contributed by atoms with van der Waals surface area (Å²) in [5, 5.41) is 11.9. The molecule has 1 aromatic carbocycles. The Labute approximate surface area is 130 Å². The SMILES string of the molecule is Cc1ccc(C(NC(=O)COC2CCCC2)C(=O)O)cc1C. The Morgan fingerprint density at radius 2 is 1.95 bits per heavy atom. The number of aryl methyl sites for hydroxylation is 2. The molecule has 0 spiro atoms. The van der Waals surface area contributed by atoms with E-state index in [2.05, 4.69) is 5.32 Å². The Morgan fingerprint density at radius 1 is 1.27 bits per heavy atom. The van der Waals surface area contributed by atoms with E-state index in [0.29, 0.717) is 5.56 Å². The van der Waals surface area contributed by atoms with E-state index >= 15 is 0 Å². The van der Waals surface area contributed by atoms with Crippen LogP contribution in [0.1, 0.15) is 48.4 Å². The molecule has 0 heterocycles. The van der Waals surface area contributed by atoms with Gasteiger partial charge in [0.25, 0.3) is 0 Å². The number of carbonyl (C=O) groups excluding carboxylic acids is 1. The number of carbonyl (C=O) groups is 2. The molecule has 1 aliphatic rings. The average Bonchev–Trinajstić information content (AvgIpc) is 2.98. The molecule has 1 fully saturated rings. The first kappa shape index (κ1) is 16.5. The number of hydrogen-bond donors (Lipinski definition) is 2. The first-order valence-corrected chi connectivity index (χ1v) is 7.68. The Balaban J connectivity index is 1.97. The summed E-state index contributed by atoms with van der Waals surface area (Å²) in [6.07, 6.45) is 4.36. The number of hydrogen-bond acceptors (Lipinski definition) is 3. The minimum atomic E-state index is -1.07. The zero-order valence-electron chi connectivity index (χ0n) is 13.1. The van der Waals surface area contributed by atoms with E-state index in [4.69, 9.17) is 4.74 Å². The molecule has 1 atom stereocenters. The minimum Gasteiger partial charge on any atom is -0.479 e. The zero-order valence-corrected chi connectivity index (χ0v) is 13.1. The number of aliphatic carboxylic acids is 1. The molecular weight excluding hydrogens is 282 g/mol. The number of rotatable bonds is 6. The monoisotopic (exact) mass is 305 g/mol. The van der Waals surface area contributed by atoms with Gasteiger partial charge in [0.15, 0.2) is 6.04 Å². The summed E-state index contributed by atoms with van der Waals surface area (Å²) in [5.41, 5.74) is 2.66. The van der Waals surface area contributed by atoms with Crippen molar-refractivity contribution in [2.75, 3.05) is 6.61 Å². The highest BCUT2D eigenvalue weighted by atomic mass is 16.5. The van der Waals surface area contributed by atoms with Crippen molar-refractivity contribution in [3.63, 3.8) is 0 Å². The van der Waals surface area contributed by atoms with Crippen LogP contribution in [0.15, 0.2) is 18.2 Å². The summed E-state index contributed by atoms with van der Waals surface area (Å²) in [5.74, 6) is -1.46. The molecule has 1 aliphatic carbocycles. The highest BCUT2D eigenvalue weighted by Crippen LogP contribution is 2.21. The fourth-order valence-electron chi connectivity index (χ4n) is 2.68. The molecule has 5 nitrogen and oxygen atoms in total. The molecule has 1 saturated carbocycles. The van der Waals surface area contributed by atoms with Crippen molar-refractivity contribution in [1.29, 1.82) is 0 Å². The van der Waals surface area contributed by atoms with Crippen molar-refractivity contribution >= 4 is 11.9 Å². The standard InChI is InChI=1S/C17H23NO4/c1-11-7-8-13(9-12(11)2)16(17(20)21)18-15(19)10-22-14-5-3-4-6-14/h7-9,14,16H,3-6,10H2,1-2H3,(H,18,19)(H,20,21). The maximum absolute atomic E-state index is 11.9. The van der Waals surface area contributed by atoms with Crippen LogP contribution in [-0.4, -0.2) is 29.7 Å². The van der Waals surface area contributed by atoms with Gasteiger partial charge in [-0.1, -0.05) is 31.0 Å². The summed E-state index contributed by atoms with van der Waals surface area (Å²) in [7, 11) is 0. The number of carboxylic acids is 1. The zero-order chi connectivity index (χ0) is 16.1. The van der Waals surface area contributed by atoms with E-state index in [-0.39, 0.29) is 12.7 Å². The maximum atomic E-state index is 11.9. The molecule has 22 heavy (non-hydrogen) atoms. The molecule has 1 aromatic rings. The van der Waals surface area contributed by atoms with Crippen LogP contribution in [-0.2, 0) is 14.3 Å². The summed E-state index contributed by atoms with van der Waals surface area (Å²) in [6, 6.07) is 4.35. The highest BCUT2D eigenvalue weighted by molar-refractivity contribution is 5.85. The van der Waals surface area contributed by atoms with Gasteiger partial charge in [0, 0.05) is 0 Å². The molecule has 0 bridgehead atoms. The lowest BCUT2D eigenvalue weighted by molar-refractivity contribution is -0.143. The van der Waals surface area contributed by atoms with Crippen molar-refractivity contribution in [3.8, 4) is 0 Å². The molecule has 5 heteroatoms. The lowest BCUT2D eigenvalue weighted by atomic mass is 10.0. The largest absolute Gasteiger partial charge is 0.479 e. The second-order valence-corrected chi connectivity index (χ2v) is 5.90. The molecule has 0 aromatic heterocycles. The number of amides is 1. The molecule has 0 aliphatic heterocycles. The van der Waals surface area contributed by atoms with Crippen molar-refractivity contribution in [3.05, 3.63) is 34.9 Å². The highest BCUT2D eigenvalue weighted by Gasteiger charge is 2.23. The maximum Gasteiger partial charge on any atom is 0.330 e. The van der Waals surface area contributed by atoms with Gasteiger partial charge in [-0.15, -0.1) is 0 Å². The van der Waals surface area contributed by atoms with E-state index in [1.54, 1.807) is 12.1 Å². The Bertz CT molecular complexity index is 550. The Morgan fingerprint density at radius 3 is 2.55 bits per heavy atom. The third-order valence-corrected chi connectivity index (χ3v) is 4.17. The number of ether oxygens (including phenoxy) is 1. The first-order valence-electron chi connectivity index (χ1n) is 7.68. The second-order valence-electron chi connectivity index (χ2n) is 5.90. The normalized spacial score (nSPS) is 16.5. The van der Waals surface area contributed by atoms with Gasteiger partial charge in [0.2, 0.25) is 5.91 Å². The minimum absolute atomic E-state index is 0.0840. The van der Waals surface area contributed by atoms with Crippen LogP contribution in [0.5, 0.6) is 0 Å². The molecule has 1 unspecified atom stereocenters. The van der Waals surface area contributed by atoms with Crippen LogP contribution in [0, 0.1) is 13.8 Å². The van der Waals surface area contributed by atoms with E-state index in [9.17, 15) is 14.7 Å². The molecule has 0 radical (unpaired) electrons. The van der Waals surface area contributed by atoms with Crippen LogP contribution < -0.4 is 5.32 Å². The first-order chi connectivity index (χ1) is 10.5. The van der Waals surface area contributed by atoms with Gasteiger partial charge in [-0.25, -0.2) is 4.79 Å². The van der Waals surface area contributed by atoms with Gasteiger partial charge >= 0.3 is 5.97 Å². The predicted molar refractivity (Wildman–Crippen MR) is 82.6 cm³/mol. The fraction of sp³-hybridized carbons (Fsp3) is 0.529. The van der Waals surface area contributed by atoms with Crippen LogP contribution in [0.25, 0.3) is 0 Å². The quantitative estimate of drug-likeness (QED) is 0.846. The van der Waals surface area contributed by atoms with Crippen LogP contribution in [0.3, 0.4) is 0 Å². The molecule has 1 amide bonds. The Kier molecular flexibility index (Phi) is 5.55. The topological polar surface area (TPSA) is 75.6 Å². The lowest BCUT2D eigenvalue weighted by Gasteiger charge is -2.17. The van der Waals surface area contributed by atoms with E-state index in [1.807, 2.05) is 19.9 Å². The Hall–Kier alpha value is -1.88. The van der Waals surface area contributed by atoms with Crippen molar-refractivity contribution in [2.45, 2.75) is 51.7 Å². The van der Waals surface area contributed by atoms with Crippen molar-refractivity contribution < 1.29 is 19.4 Å². The second kappa shape index (κ2) is 7.40. The van der Waals surface area contributed by atoms with Crippen LogP contribution >= 0.6 is 0 Å². The van der Waals surface area contributed by atoms with E-state index < -0.39 is 17.9 Å².